The molecule has 1 aliphatic rings. The summed E-state index contributed by atoms with van der Waals surface area (Å²) in [5.41, 5.74) is 9.74. The summed E-state index contributed by atoms with van der Waals surface area (Å²) in [4.78, 5) is 30.2. The Labute approximate surface area is 206 Å². The standard InChI is InChI=1S/C29H30N4O2/c1-32(2)27(23-7-4-3-5-8-23)29(35)33-20-6-9-26(33)28(34)31-25-18-14-22(15-19-25)11-10-21-12-16-24(30)17-13-21/h3-5,7-8,12-19,26-27H,6,9,20,30H2,1-2H3,(H,31,34)/t26-,27+/m0/s1. The van der Waals surface area contributed by atoms with Gasteiger partial charge in [-0.3, -0.25) is 14.5 Å². The molecular formula is C29H30N4O2. The fourth-order valence-corrected chi connectivity index (χ4v) is 4.33. The van der Waals surface area contributed by atoms with Crippen LogP contribution in [0.5, 0.6) is 0 Å². The summed E-state index contributed by atoms with van der Waals surface area (Å²) < 4.78 is 0. The van der Waals surface area contributed by atoms with Gasteiger partial charge in [0.15, 0.2) is 0 Å². The number of anilines is 2. The first kappa shape index (κ1) is 24.1. The van der Waals surface area contributed by atoms with Gasteiger partial charge in [-0.05, 0) is 81.0 Å². The molecule has 0 radical (unpaired) electrons. The van der Waals surface area contributed by atoms with Crippen molar-refractivity contribution in [3.8, 4) is 11.8 Å². The number of benzene rings is 3. The highest BCUT2D eigenvalue weighted by atomic mass is 16.2. The van der Waals surface area contributed by atoms with Gasteiger partial charge in [-0.15, -0.1) is 0 Å². The number of nitrogens with zero attached hydrogens (tertiary/aromatic N) is 2. The number of nitrogens with two attached hydrogens (primary N) is 1. The SMILES string of the molecule is CN(C)[C@@H](C(=O)N1CCC[C@H]1C(=O)Nc1ccc(C#Cc2ccc(N)cc2)cc1)c1ccccc1. The first-order valence-corrected chi connectivity index (χ1v) is 11.7. The molecule has 1 saturated heterocycles. The zero-order valence-corrected chi connectivity index (χ0v) is 20.1. The highest BCUT2D eigenvalue weighted by Crippen LogP contribution is 2.27. The van der Waals surface area contributed by atoms with E-state index in [1.807, 2.05) is 97.9 Å². The van der Waals surface area contributed by atoms with Crippen LogP contribution in [-0.4, -0.2) is 48.3 Å². The molecule has 1 heterocycles. The second-order valence-corrected chi connectivity index (χ2v) is 8.91. The van der Waals surface area contributed by atoms with Gasteiger partial charge in [0.2, 0.25) is 11.8 Å². The van der Waals surface area contributed by atoms with E-state index in [1.165, 1.54) is 0 Å². The lowest BCUT2D eigenvalue weighted by Gasteiger charge is -2.31. The Balaban J connectivity index is 1.42. The summed E-state index contributed by atoms with van der Waals surface area (Å²) in [7, 11) is 3.77. The average Bonchev–Trinajstić information content (AvgIpc) is 3.35. The minimum Gasteiger partial charge on any atom is -0.399 e. The molecule has 6 heteroatoms. The van der Waals surface area contributed by atoms with Gasteiger partial charge in [-0.25, -0.2) is 0 Å². The van der Waals surface area contributed by atoms with Crippen molar-refractivity contribution in [2.24, 2.45) is 0 Å². The van der Waals surface area contributed by atoms with Crippen molar-refractivity contribution in [1.82, 2.24) is 9.80 Å². The van der Waals surface area contributed by atoms with E-state index < -0.39 is 12.1 Å². The molecule has 3 aromatic carbocycles. The van der Waals surface area contributed by atoms with Crippen molar-refractivity contribution in [3.63, 3.8) is 0 Å². The number of nitrogen functional groups attached to an aromatic ring is 1. The Hall–Kier alpha value is -4.08. The first-order valence-electron chi connectivity index (χ1n) is 11.7. The van der Waals surface area contributed by atoms with Crippen LogP contribution in [0.4, 0.5) is 11.4 Å². The van der Waals surface area contributed by atoms with Crippen LogP contribution < -0.4 is 11.1 Å². The lowest BCUT2D eigenvalue weighted by Crippen LogP contribution is -2.47. The quantitative estimate of drug-likeness (QED) is 0.442. The maximum absolute atomic E-state index is 13.5. The molecule has 6 nitrogen and oxygen atoms in total. The molecule has 0 bridgehead atoms. The maximum atomic E-state index is 13.5. The van der Waals surface area contributed by atoms with Gasteiger partial charge in [0.25, 0.3) is 0 Å². The smallest absolute Gasteiger partial charge is 0.247 e. The fraction of sp³-hybridized carbons (Fsp3) is 0.241. The predicted octanol–water partition coefficient (Wildman–Crippen LogP) is 3.90. The topological polar surface area (TPSA) is 78.7 Å². The van der Waals surface area contributed by atoms with E-state index >= 15 is 0 Å². The van der Waals surface area contributed by atoms with Crippen molar-refractivity contribution in [2.75, 3.05) is 31.7 Å². The molecule has 1 aliphatic heterocycles. The molecule has 0 spiro atoms. The second-order valence-electron chi connectivity index (χ2n) is 8.91. The summed E-state index contributed by atoms with van der Waals surface area (Å²) in [6.45, 7) is 0.577. The summed E-state index contributed by atoms with van der Waals surface area (Å²) in [5.74, 6) is 6.01. The number of carbonyl (C=O) groups excluding carboxylic acids is 2. The van der Waals surface area contributed by atoms with E-state index in [1.54, 1.807) is 4.90 Å². The Bertz CT molecular complexity index is 1230. The molecule has 178 valence electrons. The molecule has 0 unspecified atom stereocenters. The van der Waals surface area contributed by atoms with Crippen LogP contribution >= 0.6 is 0 Å². The van der Waals surface area contributed by atoms with Gasteiger partial charge in [-0.2, -0.15) is 0 Å². The van der Waals surface area contributed by atoms with Crippen LogP contribution in [0.1, 0.15) is 35.6 Å². The van der Waals surface area contributed by atoms with Crippen molar-refractivity contribution in [2.45, 2.75) is 24.9 Å². The number of carbonyl (C=O) groups is 2. The largest absolute Gasteiger partial charge is 0.399 e. The Morgan fingerprint density at radius 3 is 2.14 bits per heavy atom. The fourth-order valence-electron chi connectivity index (χ4n) is 4.33. The molecule has 35 heavy (non-hydrogen) atoms. The Morgan fingerprint density at radius 1 is 0.943 bits per heavy atom. The summed E-state index contributed by atoms with van der Waals surface area (Å²) in [5, 5.41) is 2.98. The van der Waals surface area contributed by atoms with Crippen LogP contribution in [0.2, 0.25) is 0 Å². The van der Waals surface area contributed by atoms with Gasteiger partial charge < -0.3 is 16.0 Å². The van der Waals surface area contributed by atoms with Crippen LogP contribution in [0.25, 0.3) is 0 Å². The van der Waals surface area contributed by atoms with Gasteiger partial charge in [0.05, 0.1) is 0 Å². The molecule has 0 saturated carbocycles. The van der Waals surface area contributed by atoms with E-state index in [2.05, 4.69) is 17.2 Å². The van der Waals surface area contributed by atoms with Crippen LogP contribution in [0.3, 0.4) is 0 Å². The molecule has 0 aromatic heterocycles. The molecule has 1 fully saturated rings. The van der Waals surface area contributed by atoms with Crippen molar-refractivity contribution in [3.05, 3.63) is 95.6 Å². The van der Waals surface area contributed by atoms with Gasteiger partial charge in [0, 0.05) is 29.0 Å². The highest BCUT2D eigenvalue weighted by molar-refractivity contribution is 5.98. The third-order valence-corrected chi connectivity index (χ3v) is 6.12. The summed E-state index contributed by atoms with van der Waals surface area (Å²) in [6, 6.07) is 23.6. The summed E-state index contributed by atoms with van der Waals surface area (Å²) in [6.07, 6.45) is 1.45. The molecule has 4 rings (SSSR count). The van der Waals surface area contributed by atoms with Crippen molar-refractivity contribution in [1.29, 1.82) is 0 Å². The normalized spacial score (nSPS) is 15.9. The third kappa shape index (κ3) is 5.89. The molecule has 3 aromatic rings. The molecule has 2 atom stereocenters. The van der Waals surface area contributed by atoms with E-state index in [9.17, 15) is 9.59 Å². The average molecular weight is 467 g/mol. The lowest BCUT2D eigenvalue weighted by molar-refractivity contribution is -0.140. The number of likely N-dealkylation sites (tertiary alicyclic amines) is 1. The third-order valence-electron chi connectivity index (χ3n) is 6.12. The van der Waals surface area contributed by atoms with E-state index in [0.717, 1.165) is 23.1 Å². The number of nitrogens with one attached hydrogen (secondary N) is 1. The molecule has 0 aliphatic carbocycles. The lowest BCUT2D eigenvalue weighted by atomic mass is 10.0. The number of likely N-dealkylation sites (N-methyl/N-ethyl adjacent to an activating group) is 1. The van der Waals surface area contributed by atoms with E-state index in [4.69, 9.17) is 5.73 Å². The summed E-state index contributed by atoms with van der Waals surface area (Å²) >= 11 is 0. The van der Waals surface area contributed by atoms with Gasteiger partial charge in [0.1, 0.15) is 12.1 Å². The number of hydrogen-bond acceptors (Lipinski definition) is 4. The van der Waals surface area contributed by atoms with Gasteiger partial charge >= 0.3 is 0 Å². The highest BCUT2D eigenvalue weighted by Gasteiger charge is 2.38. The minimum atomic E-state index is -0.487. The predicted molar refractivity (Wildman–Crippen MR) is 140 cm³/mol. The van der Waals surface area contributed by atoms with Crippen LogP contribution in [0, 0.1) is 11.8 Å². The second kappa shape index (κ2) is 10.9. The number of rotatable bonds is 5. The maximum Gasteiger partial charge on any atom is 0.247 e. The van der Waals surface area contributed by atoms with Crippen LogP contribution in [-0.2, 0) is 9.59 Å². The van der Waals surface area contributed by atoms with E-state index in [0.29, 0.717) is 24.3 Å². The van der Waals surface area contributed by atoms with Crippen molar-refractivity contribution >= 4 is 23.2 Å². The first-order chi connectivity index (χ1) is 16.9. The molecule has 3 N–H and O–H groups in total. The Morgan fingerprint density at radius 2 is 1.54 bits per heavy atom. The molecule has 2 amide bonds. The Kier molecular flexibility index (Phi) is 7.49. The zero-order valence-electron chi connectivity index (χ0n) is 20.1. The van der Waals surface area contributed by atoms with Crippen molar-refractivity contribution < 1.29 is 9.59 Å². The van der Waals surface area contributed by atoms with E-state index in [-0.39, 0.29) is 11.8 Å². The van der Waals surface area contributed by atoms with Crippen LogP contribution in [0.15, 0.2) is 78.9 Å². The van der Waals surface area contributed by atoms with Gasteiger partial charge in [-0.1, -0.05) is 42.2 Å². The molecular weight excluding hydrogens is 436 g/mol. The number of amides is 2. The minimum absolute atomic E-state index is 0.0489. The monoisotopic (exact) mass is 466 g/mol. The zero-order chi connectivity index (χ0) is 24.8. The number of hydrogen-bond donors (Lipinski definition) is 2.